The molecule has 0 saturated carbocycles. The van der Waals surface area contributed by atoms with Gasteiger partial charge in [0.15, 0.2) is 17.3 Å². The van der Waals surface area contributed by atoms with Gasteiger partial charge in [-0.2, -0.15) is 0 Å². The summed E-state index contributed by atoms with van der Waals surface area (Å²) in [7, 11) is 4.64. The Hall–Kier alpha value is -2.97. The molecule has 0 bridgehead atoms. The second kappa shape index (κ2) is 6.50. The number of aromatic nitrogens is 3. The fraction of sp³-hybridized carbons (Fsp3) is 0.375. The third kappa shape index (κ3) is 3.17. The van der Waals surface area contributed by atoms with Crippen molar-refractivity contribution in [3.63, 3.8) is 0 Å². The van der Waals surface area contributed by atoms with E-state index in [1.807, 2.05) is 0 Å². The van der Waals surface area contributed by atoms with E-state index in [-0.39, 0.29) is 34.9 Å². The van der Waals surface area contributed by atoms with Crippen molar-refractivity contribution in [3.8, 4) is 5.75 Å². The highest BCUT2D eigenvalue weighted by Gasteiger charge is 2.34. The highest BCUT2D eigenvalue weighted by Crippen LogP contribution is 2.24. The predicted octanol–water partition coefficient (Wildman–Crippen LogP) is 0.825. The summed E-state index contributed by atoms with van der Waals surface area (Å²) in [5, 5.41) is 7.80. The Morgan fingerprint density at radius 2 is 2.04 bits per heavy atom. The lowest BCUT2D eigenvalue weighted by atomic mass is 10.1. The first kappa shape index (κ1) is 16.9. The molecule has 3 rings (SSSR count). The van der Waals surface area contributed by atoms with Crippen molar-refractivity contribution < 1.29 is 18.7 Å². The number of carbonyl (C=O) groups excluding carboxylic acids is 2. The lowest BCUT2D eigenvalue weighted by molar-refractivity contribution is 0.0497. The van der Waals surface area contributed by atoms with Gasteiger partial charge in [0.2, 0.25) is 0 Å². The van der Waals surface area contributed by atoms with E-state index in [4.69, 9.17) is 4.74 Å². The highest BCUT2D eigenvalue weighted by atomic mass is 19.1. The van der Waals surface area contributed by atoms with Crippen LogP contribution >= 0.6 is 0 Å². The van der Waals surface area contributed by atoms with Crippen LogP contribution in [-0.4, -0.2) is 70.9 Å². The van der Waals surface area contributed by atoms with Crippen molar-refractivity contribution in [1.29, 1.82) is 0 Å². The molecule has 1 aliphatic rings. The van der Waals surface area contributed by atoms with Gasteiger partial charge in [0.25, 0.3) is 11.8 Å². The summed E-state index contributed by atoms with van der Waals surface area (Å²) < 4.78 is 20.2. The van der Waals surface area contributed by atoms with Gasteiger partial charge >= 0.3 is 0 Å². The maximum Gasteiger partial charge on any atom is 0.275 e. The van der Waals surface area contributed by atoms with Crippen molar-refractivity contribution >= 4 is 11.8 Å². The van der Waals surface area contributed by atoms with E-state index in [1.165, 1.54) is 24.1 Å². The van der Waals surface area contributed by atoms with Crippen LogP contribution in [0.1, 0.15) is 26.9 Å². The first-order valence-corrected chi connectivity index (χ1v) is 7.67. The van der Waals surface area contributed by atoms with Crippen LogP contribution in [-0.2, 0) is 0 Å². The van der Waals surface area contributed by atoms with Crippen LogP contribution in [0.4, 0.5) is 4.39 Å². The molecule has 1 saturated heterocycles. The number of benzene rings is 1. The fourth-order valence-corrected chi connectivity index (χ4v) is 2.55. The van der Waals surface area contributed by atoms with Crippen LogP contribution in [0.2, 0.25) is 0 Å². The number of carbonyl (C=O) groups is 2. The summed E-state index contributed by atoms with van der Waals surface area (Å²) in [6, 6.07) is 4.07. The standard InChI is InChI=1S/C16H18FN5O3/c1-20(2)16(24)13-9-22(19-18-13)11-7-21(8-11)15(23)10-4-5-14(25-3)12(17)6-10/h4-6,9,11H,7-8H2,1-3H3. The SMILES string of the molecule is COc1ccc(C(=O)N2CC(n3cc(C(=O)N(C)C)nn3)C2)cc1F. The maximum absolute atomic E-state index is 13.7. The Bertz CT molecular complexity index is 814. The normalized spacial score (nSPS) is 14.2. The largest absolute Gasteiger partial charge is 0.494 e. The minimum atomic E-state index is -0.575. The predicted molar refractivity (Wildman–Crippen MR) is 85.9 cm³/mol. The van der Waals surface area contributed by atoms with Crippen LogP contribution in [0.3, 0.4) is 0 Å². The van der Waals surface area contributed by atoms with Crippen LogP contribution in [0.15, 0.2) is 24.4 Å². The van der Waals surface area contributed by atoms with Gasteiger partial charge in [-0.05, 0) is 18.2 Å². The molecule has 2 aromatic rings. The molecule has 1 aromatic heterocycles. The average Bonchev–Trinajstić information content (AvgIpc) is 3.01. The number of amides is 2. The van der Waals surface area contributed by atoms with E-state index in [2.05, 4.69) is 10.3 Å². The van der Waals surface area contributed by atoms with Gasteiger partial charge in [0.05, 0.1) is 19.3 Å². The van der Waals surface area contributed by atoms with Gasteiger partial charge in [0, 0.05) is 32.7 Å². The van der Waals surface area contributed by atoms with E-state index in [0.717, 1.165) is 6.07 Å². The summed E-state index contributed by atoms with van der Waals surface area (Å²) in [6.07, 6.45) is 1.57. The second-order valence-electron chi connectivity index (χ2n) is 6.00. The highest BCUT2D eigenvalue weighted by molar-refractivity contribution is 5.95. The zero-order valence-corrected chi connectivity index (χ0v) is 14.1. The fourth-order valence-electron chi connectivity index (χ4n) is 2.55. The van der Waals surface area contributed by atoms with Gasteiger partial charge < -0.3 is 14.5 Å². The van der Waals surface area contributed by atoms with E-state index in [9.17, 15) is 14.0 Å². The molecule has 1 aliphatic heterocycles. The third-order valence-electron chi connectivity index (χ3n) is 4.06. The topological polar surface area (TPSA) is 80.6 Å². The lowest BCUT2D eigenvalue weighted by Gasteiger charge is -2.38. The van der Waals surface area contributed by atoms with Gasteiger partial charge in [-0.1, -0.05) is 5.21 Å². The quantitative estimate of drug-likeness (QED) is 0.818. The first-order valence-electron chi connectivity index (χ1n) is 7.67. The van der Waals surface area contributed by atoms with Crippen molar-refractivity contribution in [2.45, 2.75) is 6.04 Å². The number of rotatable bonds is 4. The van der Waals surface area contributed by atoms with Crippen LogP contribution in [0.5, 0.6) is 5.75 Å². The van der Waals surface area contributed by atoms with E-state index in [1.54, 1.807) is 29.9 Å². The van der Waals surface area contributed by atoms with E-state index >= 15 is 0 Å². The molecule has 0 radical (unpaired) electrons. The minimum absolute atomic E-state index is 0.0525. The summed E-state index contributed by atoms with van der Waals surface area (Å²) in [5.74, 6) is -0.970. The van der Waals surface area contributed by atoms with E-state index in [0.29, 0.717) is 13.1 Å². The number of hydrogen-bond acceptors (Lipinski definition) is 5. The molecular formula is C16H18FN5O3. The molecule has 1 fully saturated rings. The summed E-state index contributed by atoms with van der Waals surface area (Å²) >= 11 is 0. The molecule has 0 aliphatic carbocycles. The molecule has 2 heterocycles. The molecule has 8 nitrogen and oxygen atoms in total. The molecular weight excluding hydrogens is 329 g/mol. The molecule has 0 spiro atoms. The molecule has 25 heavy (non-hydrogen) atoms. The Balaban J connectivity index is 1.63. The Kier molecular flexibility index (Phi) is 4.39. The molecule has 1 aromatic carbocycles. The van der Waals surface area contributed by atoms with Gasteiger partial charge in [0.1, 0.15) is 0 Å². The van der Waals surface area contributed by atoms with Gasteiger partial charge in [-0.15, -0.1) is 5.10 Å². The second-order valence-corrected chi connectivity index (χ2v) is 6.00. The number of nitrogens with zero attached hydrogens (tertiary/aromatic N) is 5. The summed E-state index contributed by atoms with van der Waals surface area (Å²) in [6.45, 7) is 0.844. The zero-order valence-electron chi connectivity index (χ0n) is 14.1. The third-order valence-corrected chi connectivity index (χ3v) is 4.06. The Labute approximate surface area is 143 Å². The molecule has 0 unspecified atom stereocenters. The molecule has 132 valence electrons. The lowest BCUT2D eigenvalue weighted by Crippen LogP contribution is -2.50. The monoisotopic (exact) mass is 347 g/mol. The van der Waals surface area contributed by atoms with Crippen LogP contribution in [0, 0.1) is 5.82 Å². The number of ether oxygens (including phenoxy) is 1. The molecule has 0 N–H and O–H groups in total. The molecule has 9 heteroatoms. The van der Waals surface area contributed by atoms with Crippen molar-refractivity contribution in [1.82, 2.24) is 24.8 Å². The summed E-state index contributed by atoms with van der Waals surface area (Å²) in [5.41, 5.74) is 0.519. The summed E-state index contributed by atoms with van der Waals surface area (Å²) in [4.78, 5) is 27.2. The minimum Gasteiger partial charge on any atom is -0.494 e. The number of likely N-dealkylation sites (tertiary alicyclic amines) is 1. The first-order chi connectivity index (χ1) is 11.9. The van der Waals surface area contributed by atoms with E-state index < -0.39 is 5.82 Å². The number of methoxy groups -OCH3 is 1. The van der Waals surface area contributed by atoms with Crippen LogP contribution < -0.4 is 4.74 Å². The van der Waals surface area contributed by atoms with Gasteiger partial charge in [-0.25, -0.2) is 9.07 Å². The maximum atomic E-state index is 13.7. The van der Waals surface area contributed by atoms with Crippen molar-refractivity contribution in [3.05, 3.63) is 41.5 Å². The molecule has 0 atom stereocenters. The van der Waals surface area contributed by atoms with Crippen molar-refractivity contribution in [2.75, 3.05) is 34.3 Å². The Morgan fingerprint density at radius 1 is 1.32 bits per heavy atom. The number of hydrogen-bond donors (Lipinski definition) is 0. The zero-order chi connectivity index (χ0) is 18.1. The Morgan fingerprint density at radius 3 is 2.64 bits per heavy atom. The van der Waals surface area contributed by atoms with Gasteiger partial charge in [-0.3, -0.25) is 9.59 Å². The smallest absolute Gasteiger partial charge is 0.275 e. The molecule has 2 amide bonds. The average molecular weight is 347 g/mol. The van der Waals surface area contributed by atoms with Crippen LogP contribution in [0.25, 0.3) is 0 Å². The van der Waals surface area contributed by atoms with Crippen molar-refractivity contribution in [2.24, 2.45) is 0 Å². The number of halogens is 1.